The first-order valence-corrected chi connectivity index (χ1v) is 14.1. The van der Waals surface area contributed by atoms with Crippen LogP contribution in [0.4, 0.5) is 5.13 Å². The molecule has 1 amide bonds. The Kier molecular flexibility index (Phi) is 7.44. The van der Waals surface area contributed by atoms with Gasteiger partial charge in [0.2, 0.25) is 5.13 Å². The van der Waals surface area contributed by atoms with Gasteiger partial charge in [-0.3, -0.25) is 14.5 Å². The molecule has 4 aromatic rings. The molecule has 1 unspecified atom stereocenters. The predicted octanol–water partition coefficient (Wildman–Crippen LogP) is 6.64. The molecule has 8 heteroatoms. The van der Waals surface area contributed by atoms with Gasteiger partial charge in [-0.1, -0.05) is 114 Å². The number of hydrogen-bond acceptors (Lipinski definition) is 7. The number of thioether (sulfide) groups is 1. The smallest absolute Gasteiger partial charge is 0.301 e. The molecule has 0 spiro atoms. The monoisotopic (exact) mass is 541 g/mol. The molecule has 1 atom stereocenters. The van der Waals surface area contributed by atoms with Crippen LogP contribution in [0.25, 0.3) is 5.76 Å². The number of aromatic nitrogens is 2. The second kappa shape index (κ2) is 10.9. The fourth-order valence-electron chi connectivity index (χ4n) is 4.34. The Morgan fingerprint density at radius 2 is 1.50 bits per heavy atom. The van der Waals surface area contributed by atoms with Gasteiger partial charge in [-0.2, -0.15) is 0 Å². The number of hydrogen-bond donors (Lipinski definition) is 1. The Balaban J connectivity index is 1.53. The highest BCUT2D eigenvalue weighted by molar-refractivity contribution is 8.00. The molecule has 1 saturated heterocycles. The SMILES string of the molecule is CCc1ccc(C2/C(=C(/O)c3ccc(C)cc3)C(=O)C(=O)N2c2nnc(SCc3ccc(C)cc3)s2)cc1. The average Bonchev–Trinajstić information content (AvgIpc) is 3.50. The van der Waals surface area contributed by atoms with Crippen LogP contribution in [0.3, 0.4) is 0 Å². The summed E-state index contributed by atoms with van der Waals surface area (Å²) in [4.78, 5) is 28.1. The lowest BCUT2D eigenvalue weighted by Crippen LogP contribution is -2.29. The largest absolute Gasteiger partial charge is 0.507 e. The lowest BCUT2D eigenvalue weighted by Gasteiger charge is -2.22. The number of aliphatic hydroxyl groups is 1. The summed E-state index contributed by atoms with van der Waals surface area (Å²) in [5, 5.41) is 20.2. The lowest BCUT2D eigenvalue weighted by molar-refractivity contribution is -0.132. The van der Waals surface area contributed by atoms with Crippen molar-refractivity contribution in [3.05, 3.63) is 112 Å². The maximum atomic E-state index is 13.4. The zero-order valence-corrected chi connectivity index (χ0v) is 23.0. The highest BCUT2D eigenvalue weighted by atomic mass is 32.2. The van der Waals surface area contributed by atoms with Gasteiger partial charge < -0.3 is 5.11 Å². The molecule has 2 heterocycles. The van der Waals surface area contributed by atoms with Crippen LogP contribution in [0.1, 0.15) is 46.3 Å². The van der Waals surface area contributed by atoms with E-state index in [0.717, 1.165) is 28.7 Å². The Labute approximate surface area is 230 Å². The second-order valence-electron chi connectivity index (χ2n) is 9.26. The third-order valence-corrected chi connectivity index (χ3v) is 8.68. The molecule has 0 radical (unpaired) electrons. The van der Waals surface area contributed by atoms with E-state index in [2.05, 4.69) is 41.4 Å². The zero-order valence-electron chi connectivity index (χ0n) is 21.3. The molecule has 1 aromatic heterocycles. The van der Waals surface area contributed by atoms with Crippen molar-refractivity contribution in [2.75, 3.05) is 4.90 Å². The predicted molar refractivity (Wildman–Crippen MR) is 152 cm³/mol. The molecule has 3 aromatic carbocycles. The van der Waals surface area contributed by atoms with E-state index in [1.807, 2.05) is 50.2 Å². The summed E-state index contributed by atoms with van der Waals surface area (Å²) in [6.07, 6.45) is 0.863. The van der Waals surface area contributed by atoms with Crippen molar-refractivity contribution in [2.45, 2.75) is 43.3 Å². The maximum Gasteiger partial charge on any atom is 0.301 e. The van der Waals surface area contributed by atoms with E-state index in [1.54, 1.807) is 12.1 Å². The number of anilines is 1. The van der Waals surface area contributed by atoms with E-state index in [0.29, 0.717) is 20.8 Å². The number of rotatable bonds is 7. The lowest BCUT2D eigenvalue weighted by atomic mass is 9.94. The van der Waals surface area contributed by atoms with Crippen molar-refractivity contribution in [1.82, 2.24) is 10.2 Å². The number of carbonyl (C=O) groups excluding carboxylic acids is 2. The van der Waals surface area contributed by atoms with Gasteiger partial charge in [0.05, 0.1) is 11.6 Å². The van der Waals surface area contributed by atoms with Crippen LogP contribution in [0, 0.1) is 13.8 Å². The molecule has 192 valence electrons. The van der Waals surface area contributed by atoms with E-state index in [-0.39, 0.29) is 11.3 Å². The molecule has 1 aliphatic rings. The molecule has 0 aliphatic carbocycles. The van der Waals surface area contributed by atoms with Crippen LogP contribution < -0.4 is 4.90 Å². The highest BCUT2D eigenvalue weighted by Crippen LogP contribution is 2.44. The zero-order chi connectivity index (χ0) is 26.8. The summed E-state index contributed by atoms with van der Waals surface area (Å²) in [5.74, 6) is -0.955. The molecule has 5 rings (SSSR count). The Morgan fingerprint density at radius 1 is 0.895 bits per heavy atom. The Hall–Kier alpha value is -3.75. The number of Topliss-reactive ketones (excluding diaryl/α,β-unsaturated/α-hetero) is 1. The Bertz CT molecular complexity index is 1510. The number of aliphatic hydroxyl groups excluding tert-OH is 1. The van der Waals surface area contributed by atoms with E-state index in [1.165, 1.54) is 33.6 Å². The number of aryl methyl sites for hydroxylation is 3. The highest BCUT2D eigenvalue weighted by Gasteiger charge is 2.48. The normalized spacial score (nSPS) is 16.8. The van der Waals surface area contributed by atoms with Crippen LogP contribution in [0.15, 0.2) is 82.7 Å². The van der Waals surface area contributed by atoms with Gasteiger partial charge in [-0.25, -0.2) is 0 Å². The number of carbonyl (C=O) groups is 2. The van der Waals surface area contributed by atoms with Crippen molar-refractivity contribution in [3.63, 3.8) is 0 Å². The van der Waals surface area contributed by atoms with Gasteiger partial charge in [-0.05, 0) is 37.0 Å². The molecule has 1 N–H and O–H groups in total. The third-order valence-electron chi connectivity index (χ3n) is 6.56. The summed E-state index contributed by atoms with van der Waals surface area (Å²) >= 11 is 2.79. The Morgan fingerprint density at radius 3 is 2.13 bits per heavy atom. The summed E-state index contributed by atoms with van der Waals surface area (Å²) in [5.41, 5.74) is 5.77. The number of ketones is 1. The van der Waals surface area contributed by atoms with Crippen LogP contribution in [0.2, 0.25) is 0 Å². The number of amides is 1. The molecule has 0 bridgehead atoms. The minimum Gasteiger partial charge on any atom is -0.507 e. The minimum atomic E-state index is -0.815. The van der Waals surface area contributed by atoms with Crippen molar-refractivity contribution in [2.24, 2.45) is 0 Å². The van der Waals surface area contributed by atoms with Crippen molar-refractivity contribution >= 4 is 45.7 Å². The first kappa shape index (κ1) is 25.9. The van der Waals surface area contributed by atoms with E-state index < -0.39 is 17.7 Å². The fraction of sp³-hybridized carbons (Fsp3) is 0.200. The van der Waals surface area contributed by atoms with E-state index in [9.17, 15) is 14.7 Å². The first-order valence-electron chi connectivity index (χ1n) is 12.3. The van der Waals surface area contributed by atoms with Crippen LogP contribution in [0.5, 0.6) is 0 Å². The fourth-order valence-corrected chi connectivity index (χ4v) is 6.16. The maximum absolute atomic E-state index is 13.4. The number of nitrogens with zero attached hydrogens (tertiary/aromatic N) is 3. The molecular weight excluding hydrogens is 514 g/mol. The van der Waals surface area contributed by atoms with Gasteiger partial charge in [0, 0.05) is 11.3 Å². The van der Waals surface area contributed by atoms with Gasteiger partial charge in [-0.15, -0.1) is 10.2 Å². The van der Waals surface area contributed by atoms with Gasteiger partial charge in [0.25, 0.3) is 5.78 Å². The van der Waals surface area contributed by atoms with Crippen LogP contribution in [-0.2, 0) is 21.8 Å². The summed E-state index contributed by atoms with van der Waals surface area (Å²) < 4.78 is 0.695. The summed E-state index contributed by atoms with van der Waals surface area (Å²) in [7, 11) is 0. The summed E-state index contributed by atoms with van der Waals surface area (Å²) in [6, 6.07) is 22.5. The van der Waals surface area contributed by atoms with Gasteiger partial charge >= 0.3 is 5.91 Å². The molecule has 38 heavy (non-hydrogen) atoms. The number of benzene rings is 3. The molecular formula is C30H27N3O3S2. The topological polar surface area (TPSA) is 83.4 Å². The average molecular weight is 542 g/mol. The molecule has 1 aliphatic heterocycles. The standard InChI is InChI=1S/C30H27N3O3S2/c1-4-20-11-15-22(16-12-20)25-24(26(34)23-13-7-19(3)8-14-23)27(35)28(36)33(25)29-31-32-30(38-29)37-17-21-9-5-18(2)6-10-21/h5-16,25,34H,4,17H2,1-3H3/b26-24-. The van der Waals surface area contributed by atoms with Crippen molar-refractivity contribution < 1.29 is 14.7 Å². The molecule has 6 nitrogen and oxygen atoms in total. The first-order chi connectivity index (χ1) is 18.4. The molecule has 1 fully saturated rings. The quantitative estimate of drug-likeness (QED) is 0.0929. The van der Waals surface area contributed by atoms with Gasteiger partial charge in [0.15, 0.2) is 4.34 Å². The van der Waals surface area contributed by atoms with E-state index in [4.69, 9.17) is 0 Å². The minimum absolute atomic E-state index is 0.0483. The van der Waals surface area contributed by atoms with E-state index >= 15 is 0 Å². The van der Waals surface area contributed by atoms with Crippen LogP contribution in [-0.4, -0.2) is 27.0 Å². The van der Waals surface area contributed by atoms with Crippen LogP contribution >= 0.6 is 23.1 Å². The third kappa shape index (κ3) is 5.14. The van der Waals surface area contributed by atoms with Gasteiger partial charge in [0.1, 0.15) is 5.76 Å². The van der Waals surface area contributed by atoms with Crippen molar-refractivity contribution in [3.8, 4) is 0 Å². The van der Waals surface area contributed by atoms with Crippen molar-refractivity contribution in [1.29, 1.82) is 0 Å². The molecule has 0 saturated carbocycles. The second-order valence-corrected chi connectivity index (χ2v) is 11.4. The summed E-state index contributed by atoms with van der Waals surface area (Å²) in [6.45, 7) is 6.06.